The molecule has 3 nitrogen and oxygen atoms in total. The standard InChI is InChI=1S/C15H18F2O3/c16-11-4-3-10(7-12(11)17)13(18)8-15(9-14(19)20)5-1-2-6-15/h3-4,7,13,18H,1-2,5-6,8-9H2,(H,19,20). The van der Waals surface area contributed by atoms with Crippen molar-refractivity contribution in [2.75, 3.05) is 0 Å². The number of hydrogen-bond acceptors (Lipinski definition) is 2. The van der Waals surface area contributed by atoms with Gasteiger partial charge in [0.25, 0.3) is 0 Å². The molecule has 1 aromatic rings. The summed E-state index contributed by atoms with van der Waals surface area (Å²) in [7, 11) is 0. The van der Waals surface area contributed by atoms with Gasteiger partial charge in [0.2, 0.25) is 0 Å². The van der Waals surface area contributed by atoms with E-state index in [1.165, 1.54) is 6.07 Å². The molecule has 1 aliphatic rings. The second kappa shape index (κ2) is 5.87. The summed E-state index contributed by atoms with van der Waals surface area (Å²) in [6.07, 6.45) is 2.69. The Morgan fingerprint density at radius 2 is 1.90 bits per heavy atom. The summed E-state index contributed by atoms with van der Waals surface area (Å²) in [5.74, 6) is -2.84. The first-order valence-electron chi connectivity index (χ1n) is 6.77. The fourth-order valence-corrected chi connectivity index (χ4v) is 3.15. The molecule has 1 atom stereocenters. The third-order valence-electron chi connectivity index (χ3n) is 4.15. The largest absolute Gasteiger partial charge is 0.481 e. The van der Waals surface area contributed by atoms with Gasteiger partial charge in [-0.15, -0.1) is 0 Å². The summed E-state index contributed by atoms with van der Waals surface area (Å²) in [5, 5.41) is 19.2. The molecule has 0 heterocycles. The number of aliphatic carboxylic acids is 1. The third kappa shape index (κ3) is 3.33. The van der Waals surface area contributed by atoms with Crippen LogP contribution in [0, 0.1) is 17.0 Å². The summed E-state index contributed by atoms with van der Waals surface area (Å²) >= 11 is 0. The molecule has 1 unspecified atom stereocenters. The zero-order valence-electron chi connectivity index (χ0n) is 11.1. The van der Waals surface area contributed by atoms with E-state index in [2.05, 4.69) is 0 Å². The van der Waals surface area contributed by atoms with Gasteiger partial charge in [0.05, 0.1) is 12.5 Å². The van der Waals surface area contributed by atoms with Crippen molar-refractivity contribution < 1.29 is 23.8 Å². The molecule has 0 saturated heterocycles. The van der Waals surface area contributed by atoms with E-state index in [-0.39, 0.29) is 12.8 Å². The molecule has 1 aliphatic carbocycles. The van der Waals surface area contributed by atoms with Crippen LogP contribution in [0.1, 0.15) is 50.2 Å². The highest BCUT2D eigenvalue weighted by molar-refractivity contribution is 5.67. The van der Waals surface area contributed by atoms with Crippen LogP contribution < -0.4 is 0 Å². The number of aliphatic hydroxyl groups is 1. The first-order valence-corrected chi connectivity index (χ1v) is 6.77. The Morgan fingerprint density at radius 1 is 1.25 bits per heavy atom. The molecular formula is C15H18F2O3. The Bertz CT molecular complexity index is 496. The van der Waals surface area contributed by atoms with E-state index in [0.29, 0.717) is 5.56 Å². The third-order valence-corrected chi connectivity index (χ3v) is 4.15. The molecule has 1 aromatic carbocycles. The van der Waals surface area contributed by atoms with Crippen LogP contribution >= 0.6 is 0 Å². The number of carbonyl (C=O) groups is 1. The van der Waals surface area contributed by atoms with Crippen LogP contribution in [0.3, 0.4) is 0 Å². The van der Waals surface area contributed by atoms with Crippen molar-refractivity contribution in [3.63, 3.8) is 0 Å². The first kappa shape index (κ1) is 14.9. The predicted octanol–water partition coefficient (Wildman–Crippen LogP) is 3.42. The van der Waals surface area contributed by atoms with Crippen LogP contribution in [0.15, 0.2) is 18.2 Å². The Kier molecular flexibility index (Phi) is 4.38. The summed E-state index contributed by atoms with van der Waals surface area (Å²) in [4.78, 5) is 11.0. The second-order valence-corrected chi connectivity index (χ2v) is 5.67. The smallest absolute Gasteiger partial charge is 0.303 e. The van der Waals surface area contributed by atoms with Crippen LogP contribution in [0.25, 0.3) is 0 Å². The highest BCUT2D eigenvalue weighted by atomic mass is 19.2. The van der Waals surface area contributed by atoms with Crippen molar-refractivity contribution >= 4 is 5.97 Å². The lowest BCUT2D eigenvalue weighted by atomic mass is 9.76. The minimum atomic E-state index is -1.000. The Labute approximate surface area is 116 Å². The van der Waals surface area contributed by atoms with E-state index in [1.54, 1.807) is 0 Å². The van der Waals surface area contributed by atoms with E-state index in [9.17, 15) is 18.7 Å². The van der Waals surface area contributed by atoms with Gasteiger partial charge >= 0.3 is 5.97 Å². The van der Waals surface area contributed by atoms with E-state index in [1.807, 2.05) is 0 Å². The topological polar surface area (TPSA) is 57.5 Å². The predicted molar refractivity (Wildman–Crippen MR) is 69.1 cm³/mol. The molecule has 1 saturated carbocycles. The number of rotatable bonds is 5. The average Bonchev–Trinajstić information content (AvgIpc) is 2.79. The van der Waals surface area contributed by atoms with Gasteiger partial charge in [0.1, 0.15) is 0 Å². The van der Waals surface area contributed by atoms with Crippen LogP contribution in [0.2, 0.25) is 0 Å². The van der Waals surface area contributed by atoms with Gasteiger partial charge in [-0.2, -0.15) is 0 Å². The lowest BCUT2D eigenvalue weighted by Crippen LogP contribution is -2.24. The Morgan fingerprint density at radius 3 is 2.45 bits per heavy atom. The lowest BCUT2D eigenvalue weighted by Gasteiger charge is -2.29. The summed E-state index contributed by atoms with van der Waals surface area (Å²) in [5.41, 5.74) is -0.142. The Hall–Kier alpha value is -1.49. The summed E-state index contributed by atoms with van der Waals surface area (Å²) < 4.78 is 26.1. The number of hydrogen-bond donors (Lipinski definition) is 2. The maximum atomic E-state index is 13.2. The molecule has 0 radical (unpaired) electrons. The van der Waals surface area contributed by atoms with Crippen LogP contribution in [0.4, 0.5) is 8.78 Å². The number of carboxylic acid groups (broad SMARTS) is 1. The molecule has 0 spiro atoms. The van der Waals surface area contributed by atoms with Gasteiger partial charge in [0.15, 0.2) is 11.6 Å². The van der Waals surface area contributed by atoms with E-state index < -0.39 is 29.1 Å². The van der Waals surface area contributed by atoms with E-state index in [0.717, 1.165) is 37.8 Å². The van der Waals surface area contributed by atoms with Crippen molar-refractivity contribution in [1.82, 2.24) is 0 Å². The SMILES string of the molecule is O=C(O)CC1(CC(O)c2ccc(F)c(F)c2)CCCC1. The van der Waals surface area contributed by atoms with Gasteiger partial charge < -0.3 is 10.2 Å². The quantitative estimate of drug-likeness (QED) is 0.871. The van der Waals surface area contributed by atoms with Gasteiger partial charge in [-0.05, 0) is 42.4 Å². The van der Waals surface area contributed by atoms with Crippen molar-refractivity contribution in [2.45, 2.75) is 44.6 Å². The average molecular weight is 284 g/mol. The molecule has 5 heteroatoms. The monoisotopic (exact) mass is 284 g/mol. The van der Waals surface area contributed by atoms with Crippen molar-refractivity contribution in [3.8, 4) is 0 Å². The van der Waals surface area contributed by atoms with Gasteiger partial charge in [-0.1, -0.05) is 18.9 Å². The number of carboxylic acids is 1. The first-order chi connectivity index (χ1) is 9.42. The zero-order chi connectivity index (χ0) is 14.8. The van der Waals surface area contributed by atoms with Crippen LogP contribution in [0.5, 0.6) is 0 Å². The molecule has 0 aliphatic heterocycles. The Balaban J connectivity index is 2.13. The molecule has 0 aromatic heterocycles. The number of benzene rings is 1. The molecule has 2 N–H and O–H groups in total. The summed E-state index contributed by atoms with van der Waals surface area (Å²) in [6, 6.07) is 3.29. The fourth-order valence-electron chi connectivity index (χ4n) is 3.15. The number of aliphatic hydroxyl groups excluding tert-OH is 1. The fraction of sp³-hybridized carbons (Fsp3) is 0.533. The van der Waals surface area contributed by atoms with Crippen molar-refractivity contribution in [3.05, 3.63) is 35.4 Å². The van der Waals surface area contributed by atoms with Crippen molar-refractivity contribution in [1.29, 1.82) is 0 Å². The minimum absolute atomic E-state index is 0.00768. The molecule has 110 valence electrons. The zero-order valence-corrected chi connectivity index (χ0v) is 11.1. The molecule has 20 heavy (non-hydrogen) atoms. The van der Waals surface area contributed by atoms with Crippen LogP contribution in [-0.4, -0.2) is 16.2 Å². The molecule has 0 bridgehead atoms. The molecular weight excluding hydrogens is 266 g/mol. The van der Waals surface area contributed by atoms with Gasteiger partial charge in [-0.3, -0.25) is 4.79 Å². The van der Waals surface area contributed by atoms with E-state index >= 15 is 0 Å². The van der Waals surface area contributed by atoms with Gasteiger partial charge in [0, 0.05) is 0 Å². The minimum Gasteiger partial charge on any atom is -0.481 e. The maximum Gasteiger partial charge on any atom is 0.303 e. The highest BCUT2D eigenvalue weighted by Crippen LogP contribution is 2.47. The number of halogens is 2. The van der Waals surface area contributed by atoms with Crippen LogP contribution in [-0.2, 0) is 4.79 Å². The molecule has 1 fully saturated rings. The maximum absolute atomic E-state index is 13.2. The highest BCUT2D eigenvalue weighted by Gasteiger charge is 2.38. The molecule has 2 rings (SSSR count). The summed E-state index contributed by atoms with van der Waals surface area (Å²) in [6.45, 7) is 0. The lowest BCUT2D eigenvalue weighted by molar-refractivity contribution is -0.140. The van der Waals surface area contributed by atoms with Gasteiger partial charge in [-0.25, -0.2) is 8.78 Å². The normalized spacial score (nSPS) is 18.9. The van der Waals surface area contributed by atoms with E-state index in [4.69, 9.17) is 5.11 Å². The molecule has 0 amide bonds. The van der Waals surface area contributed by atoms with Crippen molar-refractivity contribution in [2.24, 2.45) is 5.41 Å². The second-order valence-electron chi connectivity index (χ2n) is 5.67.